The molecule has 0 spiro atoms. The second-order valence-corrected chi connectivity index (χ2v) is 6.32. The average molecular weight is 180 g/mol. The van der Waals surface area contributed by atoms with Crippen LogP contribution in [0.1, 0.15) is 16.7 Å². The number of hydrogen-bond donors (Lipinski definition) is 0. The maximum Gasteiger partial charge on any atom is 1.00 e. The number of fused-ring (bicyclic) bond motifs is 1. The molecule has 1 aliphatic rings. The number of hydrogen-bond acceptors (Lipinski definition) is 0. The van der Waals surface area contributed by atoms with Gasteiger partial charge >= 0.3 is 18.9 Å². The van der Waals surface area contributed by atoms with Crippen LogP contribution in [0, 0.1) is 0 Å². The Balaban J connectivity index is 0.000000845. The smallest absolute Gasteiger partial charge is 0.0794 e. The summed E-state index contributed by atoms with van der Waals surface area (Å²) in [5.74, 6) is 0. The van der Waals surface area contributed by atoms with Gasteiger partial charge in [-0.1, -0.05) is 49.5 Å². The molecule has 61 valence electrons. The summed E-state index contributed by atoms with van der Waals surface area (Å²) in [6.07, 6.45) is 4.62. The summed E-state index contributed by atoms with van der Waals surface area (Å²) in [5, 5.41) is 0. The zero-order valence-corrected chi connectivity index (χ0v) is 9.54. The molecule has 1 unspecified atom stereocenters. The van der Waals surface area contributed by atoms with Crippen LogP contribution in [0.4, 0.5) is 0 Å². The van der Waals surface area contributed by atoms with Crippen LogP contribution in [-0.4, -0.2) is 8.80 Å². The van der Waals surface area contributed by atoms with Crippen LogP contribution in [0.5, 0.6) is 0 Å². The van der Waals surface area contributed by atoms with E-state index in [9.17, 15) is 0 Å². The van der Waals surface area contributed by atoms with Gasteiger partial charge in [0.2, 0.25) is 0 Å². The number of allylic oxidation sites excluding steroid dienone is 1. The average Bonchev–Trinajstić information content (AvgIpc) is 2.47. The quantitative estimate of drug-likeness (QED) is 0.538. The first-order chi connectivity index (χ1) is 5.79. The van der Waals surface area contributed by atoms with Gasteiger partial charge in [0.25, 0.3) is 0 Å². The Kier molecular flexibility index (Phi) is 3.61. The Hall–Kier alpha value is -0.226. The Morgan fingerprint density at radius 3 is 2.54 bits per heavy atom. The molecule has 0 nitrogen and oxygen atoms in total. The molecule has 13 heavy (non-hydrogen) atoms. The Morgan fingerprint density at radius 2 is 1.85 bits per heavy atom. The Morgan fingerprint density at radius 1 is 1.15 bits per heavy atom. The van der Waals surface area contributed by atoms with Crippen LogP contribution < -0.4 is 18.9 Å². The molecule has 0 aromatic heterocycles. The van der Waals surface area contributed by atoms with Gasteiger partial charge in [-0.2, -0.15) is 0 Å². The van der Waals surface area contributed by atoms with Gasteiger partial charge in [0.05, 0.1) is 8.80 Å². The summed E-state index contributed by atoms with van der Waals surface area (Å²) in [6, 6.07) is 8.72. The summed E-state index contributed by atoms with van der Waals surface area (Å²) in [6.45, 7) is 4.75. The Labute approximate surface area is 93.8 Å². The molecule has 1 atom stereocenters. The van der Waals surface area contributed by atoms with E-state index in [4.69, 9.17) is 0 Å². The van der Waals surface area contributed by atoms with Crippen molar-refractivity contribution in [2.24, 2.45) is 0 Å². The van der Waals surface area contributed by atoms with Gasteiger partial charge in [0.15, 0.2) is 0 Å². The van der Waals surface area contributed by atoms with Crippen molar-refractivity contribution in [1.82, 2.24) is 0 Å². The van der Waals surface area contributed by atoms with Crippen LogP contribution in [0.15, 0.2) is 30.3 Å². The van der Waals surface area contributed by atoms with E-state index in [-0.39, 0.29) is 27.7 Å². The molecule has 0 N–H and O–H groups in total. The van der Waals surface area contributed by atoms with Crippen molar-refractivity contribution in [1.29, 1.82) is 0 Å². The molecule has 0 aliphatic heterocycles. The fourth-order valence-electron chi connectivity index (χ4n) is 1.75. The van der Waals surface area contributed by atoms with Crippen LogP contribution in [0.2, 0.25) is 13.1 Å². The first-order valence-corrected chi connectivity index (χ1v) is 6.94. The van der Waals surface area contributed by atoms with E-state index in [2.05, 4.69) is 49.5 Å². The summed E-state index contributed by atoms with van der Waals surface area (Å²) >= 11 is 0. The van der Waals surface area contributed by atoms with Crippen molar-refractivity contribution in [2.45, 2.75) is 18.6 Å². The van der Waals surface area contributed by atoms with E-state index in [1.54, 1.807) is 0 Å². The molecular weight excluding hydrogens is 167 g/mol. The normalized spacial score (nSPS) is 18.5. The van der Waals surface area contributed by atoms with Gasteiger partial charge in [-0.05, 0) is 16.7 Å². The minimum absolute atomic E-state index is 0. The third-order valence-electron chi connectivity index (χ3n) is 2.42. The molecule has 1 aliphatic carbocycles. The molecule has 2 heteroatoms. The molecule has 0 bridgehead atoms. The van der Waals surface area contributed by atoms with Crippen LogP contribution >= 0.6 is 0 Å². The van der Waals surface area contributed by atoms with Gasteiger partial charge in [-0.15, -0.1) is 0 Å². The second kappa shape index (κ2) is 4.33. The molecule has 1 aromatic carbocycles. The fraction of sp³-hybridized carbons (Fsp3) is 0.273. The minimum Gasteiger partial charge on any atom is -0.0794 e. The number of benzene rings is 1. The van der Waals surface area contributed by atoms with Crippen molar-refractivity contribution < 1.29 is 18.9 Å². The first-order valence-electron chi connectivity index (χ1n) is 4.36. The minimum atomic E-state index is -0.211. The predicted octanol–water partition coefficient (Wildman–Crippen LogP) is 0.0946. The molecule has 0 amide bonds. The molecule has 0 fully saturated rings. The van der Waals surface area contributed by atoms with E-state index in [0.29, 0.717) is 0 Å². The third kappa shape index (κ3) is 1.99. The van der Waals surface area contributed by atoms with Gasteiger partial charge in [-0.25, -0.2) is 0 Å². The third-order valence-corrected chi connectivity index (χ3v) is 4.17. The maximum atomic E-state index is 2.38. The summed E-state index contributed by atoms with van der Waals surface area (Å²) < 4.78 is 0. The van der Waals surface area contributed by atoms with Gasteiger partial charge in [0, 0.05) is 0 Å². The molecule has 1 aromatic rings. The van der Waals surface area contributed by atoms with Gasteiger partial charge < -0.3 is 0 Å². The largest absolute Gasteiger partial charge is 1.00 e. The van der Waals surface area contributed by atoms with E-state index >= 15 is 0 Å². The van der Waals surface area contributed by atoms with Crippen molar-refractivity contribution in [3.63, 3.8) is 0 Å². The van der Waals surface area contributed by atoms with Gasteiger partial charge in [-0.3, -0.25) is 0 Å². The molecule has 0 heterocycles. The first kappa shape index (κ1) is 10.9. The maximum absolute atomic E-state index is 2.38. The van der Waals surface area contributed by atoms with Crippen LogP contribution in [-0.2, 0) is 0 Å². The van der Waals surface area contributed by atoms with Crippen LogP contribution in [0.3, 0.4) is 0 Å². The van der Waals surface area contributed by atoms with E-state index in [1.165, 1.54) is 11.1 Å². The van der Waals surface area contributed by atoms with E-state index in [0.717, 1.165) is 5.54 Å². The molecular formula is C11H13LiSi+. The van der Waals surface area contributed by atoms with Gasteiger partial charge in [0.1, 0.15) is 0 Å². The fourth-order valence-corrected chi connectivity index (χ4v) is 3.12. The van der Waals surface area contributed by atoms with Crippen molar-refractivity contribution in [3.8, 4) is 0 Å². The second-order valence-electron chi connectivity index (χ2n) is 3.54. The monoisotopic (exact) mass is 180 g/mol. The SMILES string of the molecule is C[Si](C)C1C=Cc2ccccc21.[Li+]. The Bertz CT molecular complexity index is 318. The zero-order chi connectivity index (χ0) is 8.55. The van der Waals surface area contributed by atoms with Crippen molar-refractivity contribution in [3.05, 3.63) is 41.5 Å². The molecule has 1 radical (unpaired) electrons. The van der Waals surface area contributed by atoms with Crippen LogP contribution in [0.25, 0.3) is 6.08 Å². The predicted molar refractivity (Wildman–Crippen MR) is 55.7 cm³/mol. The zero-order valence-electron chi connectivity index (χ0n) is 8.54. The molecule has 0 saturated heterocycles. The summed E-state index contributed by atoms with van der Waals surface area (Å²) in [5.41, 5.74) is 3.70. The molecule has 2 rings (SSSR count). The standard InChI is InChI=1S/C11H13Si.Li/c1-12(2)11-8-7-9-5-3-4-6-10(9)11;/h3-8,11H,1-2H3;/q;+1. The summed E-state index contributed by atoms with van der Waals surface area (Å²) in [7, 11) is -0.211. The van der Waals surface area contributed by atoms with E-state index < -0.39 is 0 Å². The van der Waals surface area contributed by atoms with E-state index in [1.807, 2.05) is 0 Å². The van der Waals surface area contributed by atoms with Crippen molar-refractivity contribution >= 4 is 14.9 Å². The summed E-state index contributed by atoms with van der Waals surface area (Å²) in [4.78, 5) is 0. The topological polar surface area (TPSA) is 0 Å². The van der Waals surface area contributed by atoms with Crippen molar-refractivity contribution in [2.75, 3.05) is 0 Å². The number of rotatable bonds is 1. The molecule has 0 saturated carbocycles.